The minimum Gasteiger partial charge on any atom is -0.396 e. The fraction of sp³-hybridized carbons (Fsp3) is 0.571. The zero-order chi connectivity index (χ0) is 13.0. The summed E-state index contributed by atoms with van der Waals surface area (Å²) in [5, 5.41) is 9.82. The quantitative estimate of drug-likeness (QED) is 0.882. The summed E-state index contributed by atoms with van der Waals surface area (Å²) in [5.74, 6) is 0.578. The Kier molecular flexibility index (Phi) is 4.87. The second-order valence-electron chi connectivity index (χ2n) is 4.96. The highest BCUT2D eigenvalue weighted by molar-refractivity contribution is 6.33. The summed E-state index contributed by atoms with van der Waals surface area (Å²) in [6, 6.07) is 6.05. The second-order valence-corrected chi connectivity index (χ2v) is 5.36. The van der Waals surface area contributed by atoms with Gasteiger partial charge in [-0.25, -0.2) is 0 Å². The van der Waals surface area contributed by atoms with Crippen LogP contribution < -0.4 is 10.6 Å². The van der Waals surface area contributed by atoms with Crippen molar-refractivity contribution in [2.24, 2.45) is 11.7 Å². The first-order chi connectivity index (χ1) is 8.74. The summed E-state index contributed by atoms with van der Waals surface area (Å²) in [7, 11) is 0. The smallest absolute Gasteiger partial charge is 0.0642 e. The molecule has 4 heteroatoms. The third kappa shape index (κ3) is 3.16. The van der Waals surface area contributed by atoms with Gasteiger partial charge in [-0.2, -0.15) is 0 Å². The highest BCUT2D eigenvalue weighted by atomic mass is 35.5. The molecule has 1 aromatic rings. The van der Waals surface area contributed by atoms with Crippen LogP contribution in [0.3, 0.4) is 0 Å². The highest BCUT2D eigenvalue weighted by Crippen LogP contribution is 2.31. The van der Waals surface area contributed by atoms with Crippen LogP contribution >= 0.6 is 11.6 Å². The number of rotatable bonds is 4. The number of hydrogen-bond donors (Lipinski definition) is 2. The number of nitrogens with two attached hydrogens (primary N) is 1. The number of halogens is 1. The molecule has 0 bridgehead atoms. The van der Waals surface area contributed by atoms with E-state index in [1.807, 2.05) is 12.1 Å². The van der Waals surface area contributed by atoms with Gasteiger partial charge in [-0.05, 0) is 42.9 Å². The zero-order valence-corrected chi connectivity index (χ0v) is 11.4. The number of aliphatic hydroxyl groups is 1. The Morgan fingerprint density at radius 2 is 2.28 bits per heavy atom. The summed E-state index contributed by atoms with van der Waals surface area (Å²) in [4.78, 5) is 2.33. The molecule has 3 N–H and O–H groups in total. The van der Waals surface area contributed by atoms with Crippen molar-refractivity contribution < 1.29 is 5.11 Å². The van der Waals surface area contributed by atoms with Crippen molar-refractivity contribution in [3.8, 4) is 0 Å². The molecule has 100 valence electrons. The van der Waals surface area contributed by atoms with Crippen LogP contribution in [0.4, 0.5) is 5.69 Å². The molecular weight excluding hydrogens is 248 g/mol. The van der Waals surface area contributed by atoms with Crippen molar-refractivity contribution in [2.45, 2.75) is 25.8 Å². The Hall–Kier alpha value is -0.770. The van der Waals surface area contributed by atoms with E-state index < -0.39 is 0 Å². The van der Waals surface area contributed by atoms with Gasteiger partial charge in [0, 0.05) is 26.2 Å². The molecule has 1 saturated heterocycles. The molecule has 0 radical (unpaired) electrons. The van der Waals surface area contributed by atoms with Crippen LogP contribution in [0.2, 0.25) is 5.02 Å². The van der Waals surface area contributed by atoms with Gasteiger partial charge in [0.15, 0.2) is 0 Å². The van der Waals surface area contributed by atoms with Crippen LogP contribution in [0.5, 0.6) is 0 Å². The summed E-state index contributed by atoms with van der Waals surface area (Å²) in [6.45, 7) is 2.83. The maximum absolute atomic E-state index is 9.04. The maximum Gasteiger partial charge on any atom is 0.0642 e. The van der Waals surface area contributed by atoms with E-state index in [1.54, 1.807) is 0 Å². The zero-order valence-electron chi connectivity index (χ0n) is 10.6. The van der Waals surface area contributed by atoms with Crippen molar-refractivity contribution >= 4 is 17.3 Å². The van der Waals surface area contributed by atoms with E-state index in [4.69, 9.17) is 22.4 Å². The standard InChI is InChI=1S/C14H21ClN2O/c15-13-8-12(9-16)3-4-14(13)17-6-1-2-11(10-17)5-7-18/h3-4,8,11,18H,1-2,5-7,9-10,16H2. The van der Waals surface area contributed by atoms with Crippen LogP contribution in [-0.2, 0) is 6.54 Å². The average Bonchev–Trinajstić information content (AvgIpc) is 2.39. The molecule has 0 amide bonds. The van der Waals surface area contributed by atoms with Gasteiger partial charge in [-0.1, -0.05) is 17.7 Å². The summed E-state index contributed by atoms with van der Waals surface area (Å²) in [5.41, 5.74) is 7.77. The van der Waals surface area contributed by atoms with Gasteiger partial charge in [-0.3, -0.25) is 0 Å². The average molecular weight is 269 g/mol. The van der Waals surface area contributed by atoms with Gasteiger partial charge in [0.05, 0.1) is 10.7 Å². The number of piperidine rings is 1. The molecule has 1 heterocycles. The molecule has 3 nitrogen and oxygen atoms in total. The van der Waals surface area contributed by atoms with Crippen molar-refractivity contribution in [3.05, 3.63) is 28.8 Å². The number of nitrogens with zero attached hydrogens (tertiary/aromatic N) is 1. The van der Waals surface area contributed by atoms with Gasteiger partial charge in [-0.15, -0.1) is 0 Å². The van der Waals surface area contributed by atoms with E-state index in [-0.39, 0.29) is 6.61 Å². The topological polar surface area (TPSA) is 49.5 Å². The van der Waals surface area contributed by atoms with Gasteiger partial charge in [0.1, 0.15) is 0 Å². The van der Waals surface area contributed by atoms with Crippen molar-refractivity contribution in [2.75, 3.05) is 24.6 Å². The fourth-order valence-corrected chi connectivity index (χ4v) is 2.96. The van der Waals surface area contributed by atoms with Gasteiger partial charge in [0.2, 0.25) is 0 Å². The Balaban J connectivity index is 2.10. The van der Waals surface area contributed by atoms with Crippen LogP contribution in [0.1, 0.15) is 24.8 Å². The van der Waals surface area contributed by atoms with E-state index in [2.05, 4.69) is 11.0 Å². The first-order valence-electron chi connectivity index (χ1n) is 6.59. The largest absolute Gasteiger partial charge is 0.396 e. The van der Waals surface area contributed by atoms with Crippen LogP contribution in [0, 0.1) is 5.92 Å². The lowest BCUT2D eigenvalue weighted by atomic mass is 9.94. The minimum absolute atomic E-state index is 0.276. The van der Waals surface area contributed by atoms with E-state index in [1.165, 1.54) is 12.8 Å². The molecule has 1 aliphatic rings. The van der Waals surface area contributed by atoms with E-state index in [9.17, 15) is 0 Å². The Morgan fingerprint density at radius 3 is 2.94 bits per heavy atom. The Bertz CT molecular complexity index is 395. The molecule has 0 saturated carbocycles. The molecular formula is C14H21ClN2O. The normalized spacial score (nSPS) is 20.2. The monoisotopic (exact) mass is 268 g/mol. The molecule has 2 rings (SSSR count). The van der Waals surface area contributed by atoms with E-state index in [0.717, 1.165) is 35.8 Å². The van der Waals surface area contributed by atoms with Crippen molar-refractivity contribution in [1.82, 2.24) is 0 Å². The molecule has 1 atom stereocenters. The summed E-state index contributed by atoms with van der Waals surface area (Å²) in [6.07, 6.45) is 3.25. The molecule has 18 heavy (non-hydrogen) atoms. The SMILES string of the molecule is NCc1ccc(N2CCCC(CCO)C2)c(Cl)c1. The van der Waals surface area contributed by atoms with E-state index >= 15 is 0 Å². The Morgan fingerprint density at radius 1 is 1.44 bits per heavy atom. The molecule has 0 aromatic heterocycles. The first-order valence-corrected chi connectivity index (χ1v) is 6.96. The van der Waals surface area contributed by atoms with Crippen molar-refractivity contribution in [1.29, 1.82) is 0 Å². The molecule has 0 spiro atoms. The molecule has 1 aromatic carbocycles. The lowest BCUT2D eigenvalue weighted by Crippen LogP contribution is -2.35. The number of anilines is 1. The maximum atomic E-state index is 9.04. The van der Waals surface area contributed by atoms with Gasteiger partial charge in [0.25, 0.3) is 0 Å². The number of aliphatic hydroxyl groups excluding tert-OH is 1. The summed E-state index contributed by atoms with van der Waals surface area (Å²) >= 11 is 6.32. The Labute approximate surface area is 114 Å². The third-order valence-corrected chi connectivity index (χ3v) is 3.95. The lowest BCUT2D eigenvalue weighted by Gasteiger charge is -2.34. The van der Waals surface area contributed by atoms with Gasteiger partial charge < -0.3 is 15.7 Å². The lowest BCUT2D eigenvalue weighted by molar-refractivity contribution is 0.244. The predicted octanol–water partition coefficient (Wildman–Crippen LogP) is 2.40. The molecule has 0 aliphatic carbocycles. The van der Waals surface area contributed by atoms with Crippen LogP contribution in [0.25, 0.3) is 0 Å². The van der Waals surface area contributed by atoms with Crippen LogP contribution in [-0.4, -0.2) is 24.8 Å². The molecule has 1 fully saturated rings. The highest BCUT2D eigenvalue weighted by Gasteiger charge is 2.21. The van der Waals surface area contributed by atoms with E-state index in [0.29, 0.717) is 12.5 Å². The second kappa shape index (κ2) is 6.41. The number of benzene rings is 1. The van der Waals surface area contributed by atoms with Crippen LogP contribution in [0.15, 0.2) is 18.2 Å². The first kappa shape index (κ1) is 13.7. The molecule has 1 unspecified atom stereocenters. The minimum atomic E-state index is 0.276. The number of hydrogen-bond acceptors (Lipinski definition) is 3. The molecule has 1 aliphatic heterocycles. The summed E-state index contributed by atoms with van der Waals surface area (Å²) < 4.78 is 0. The fourth-order valence-electron chi connectivity index (χ4n) is 2.64. The van der Waals surface area contributed by atoms with Gasteiger partial charge >= 0.3 is 0 Å². The van der Waals surface area contributed by atoms with Crippen molar-refractivity contribution in [3.63, 3.8) is 0 Å². The predicted molar refractivity (Wildman–Crippen MR) is 76.0 cm³/mol. The third-order valence-electron chi connectivity index (χ3n) is 3.64.